The number of hydrogen-bond donors (Lipinski definition) is 3. The van der Waals surface area contributed by atoms with E-state index in [2.05, 4.69) is 41.5 Å². The molecule has 0 bridgehead atoms. The Labute approximate surface area is 543 Å². The first-order chi connectivity index (χ1) is 42.9. The van der Waals surface area contributed by atoms with E-state index >= 15 is 0 Å². The number of ether oxygens (including phenoxy) is 4. The molecule has 0 rings (SSSR count). The Bertz CT molecular complexity index is 1740. The third-order valence-corrected chi connectivity index (χ3v) is 18.5. The van der Waals surface area contributed by atoms with Crippen LogP contribution in [0, 0.1) is 11.8 Å². The highest BCUT2D eigenvalue weighted by Gasteiger charge is 2.30. The quantitative estimate of drug-likeness (QED) is 0.0222. The number of aliphatic hydroxyl groups is 1. The molecule has 0 aromatic heterocycles. The van der Waals surface area contributed by atoms with E-state index in [0.717, 1.165) is 108 Å². The van der Waals surface area contributed by atoms with E-state index in [1.54, 1.807) is 0 Å². The molecular formula is C70H136O17P2. The highest BCUT2D eigenvalue weighted by Crippen LogP contribution is 2.45. The van der Waals surface area contributed by atoms with Gasteiger partial charge in [0, 0.05) is 25.7 Å². The Hall–Kier alpha value is -1.94. The van der Waals surface area contributed by atoms with Gasteiger partial charge in [-0.3, -0.25) is 37.3 Å². The van der Waals surface area contributed by atoms with Crippen LogP contribution in [0.15, 0.2) is 0 Å². The van der Waals surface area contributed by atoms with Crippen molar-refractivity contribution in [2.75, 3.05) is 39.6 Å². The molecule has 89 heavy (non-hydrogen) atoms. The fraction of sp³-hybridized carbons (Fsp3) is 0.943. The molecule has 0 radical (unpaired) electrons. The fourth-order valence-electron chi connectivity index (χ4n) is 10.6. The van der Waals surface area contributed by atoms with Crippen LogP contribution in [0.2, 0.25) is 0 Å². The van der Waals surface area contributed by atoms with Crippen LogP contribution in [0.1, 0.15) is 356 Å². The van der Waals surface area contributed by atoms with Crippen molar-refractivity contribution >= 4 is 39.5 Å². The third kappa shape index (κ3) is 63.2. The lowest BCUT2D eigenvalue weighted by atomic mass is 10.00. The summed E-state index contributed by atoms with van der Waals surface area (Å²) in [5, 5.41) is 10.6. The molecule has 0 amide bonds. The second kappa shape index (κ2) is 62.2. The van der Waals surface area contributed by atoms with E-state index in [1.807, 2.05) is 0 Å². The Kier molecular flexibility index (Phi) is 60.8. The minimum atomic E-state index is -4.95. The second-order valence-corrected chi connectivity index (χ2v) is 28.9. The number of rotatable bonds is 69. The molecule has 528 valence electrons. The number of hydrogen-bond acceptors (Lipinski definition) is 15. The predicted octanol–water partition coefficient (Wildman–Crippen LogP) is 20.0. The van der Waals surface area contributed by atoms with Gasteiger partial charge in [-0.05, 0) is 37.5 Å². The summed E-state index contributed by atoms with van der Waals surface area (Å²) in [5.74, 6) is -0.676. The average molecular weight is 1310 g/mol. The molecule has 19 heteroatoms. The monoisotopic (exact) mass is 1310 g/mol. The SMILES string of the molecule is CCCCCCCCCCCCCCCCCC(=O)O[C@H](COC(=O)CCCCCCCCCCCCCCC)COP(=O)(O)OC[C@@H](O)COP(=O)(O)OC[C@@H](COC(=O)CCCCCCCCC(C)CC)OC(=O)CCCCCCCCCCC(C)C. The number of aliphatic hydroxyl groups excluding tert-OH is 1. The maximum atomic E-state index is 13.0. The maximum Gasteiger partial charge on any atom is 0.472 e. The lowest BCUT2D eigenvalue weighted by Crippen LogP contribution is -2.30. The van der Waals surface area contributed by atoms with Gasteiger partial charge >= 0.3 is 39.5 Å². The minimum Gasteiger partial charge on any atom is -0.462 e. The highest BCUT2D eigenvalue weighted by atomic mass is 31.2. The van der Waals surface area contributed by atoms with E-state index in [9.17, 15) is 43.2 Å². The van der Waals surface area contributed by atoms with E-state index in [0.29, 0.717) is 25.7 Å². The van der Waals surface area contributed by atoms with Crippen LogP contribution in [-0.4, -0.2) is 96.7 Å². The van der Waals surface area contributed by atoms with Gasteiger partial charge < -0.3 is 33.8 Å². The topological polar surface area (TPSA) is 237 Å². The normalized spacial score (nSPS) is 14.4. The molecule has 3 N–H and O–H groups in total. The van der Waals surface area contributed by atoms with Crippen molar-refractivity contribution in [2.24, 2.45) is 11.8 Å². The van der Waals surface area contributed by atoms with E-state index in [4.69, 9.17) is 37.0 Å². The fourth-order valence-corrected chi connectivity index (χ4v) is 12.1. The van der Waals surface area contributed by atoms with E-state index in [1.165, 1.54) is 167 Å². The standard InChI is InChI=1S/C70H136O17P2/c1-7-10-12-14-16-18-20-22-23-25-27-29-34-42-48-54-69(74)86-65(58-80-67(72)52-46-40-33-28-26-24-21-19-17-15-13-11-8-2)60-84-88(76,77)82-56-64(71)57-83-89(78,79)85-61-66(59-81-68(73)53-47-41-37-36-39-45-51-63(6)9-3)87-70(75)55-49-43-35-31-30-32-38-44-50-62(4)5/h62-66,71H,7-61H2,1-6H3,(H,76,77)(H,78,79)/t63?,64-,65-,66-/m1/s1. The number of carbonyl (C=O) groups excluding carboxylic acids is 4. The Balaban J connectivity index is 5.25. The molecule has 0 aromatic carbocycles. The van der Waals surface area contributed by atoms with Gasteiger partial charge in [0.05, 0.1) is 26.4 Å². The Morgan fingerprint density at radius 2 is 0.573 bits per heavy atom. The van der Waals surface area contributed by atoms with Crippen LogP contribution in [0.25, 0.3) is 0 Å². The average Bonchev–Trinajstić information content (AvgIpc) is 3.71. The first-order valence-corrected chi connectivity index (χ1v) is 39.5. The molecule has 0 aliphatic heterocycles. The molecule has 0 saturated heterocycles. The zero-order valence-corrected chi connectivity index (χ0v) is 59.5. The molecule has 0 spiro atoms. The lowest BCUT2D eigenvalue weighted by Gasteiger charge is -2.21. The summed E-state index contributed by atoms with van der Waals surface area (Å²) in [6, 6.07) is 0. The molecular weight excluding hydrogens is 1170 g/mol. The van der Waals surface area contributed by atoms with Crippen LogP contribution in [0.5, 0.6) is 0 Å². The zero-order chi connectivity index (χ0) is 65.7. The Morgan fingerprint density at radius 3 is 0.854 bits per heavy atom. The van der Waals surface area contributed by atoms with Crippen LogP contribution in [-0.2, 0) is 65.4 Å². The van der Waals surface area contributed by atoms with Gasteiger partial charge in [0.15, 0.2) is 12.2 Å². The molecule has 0 aliphatic rings. The van der Waals surface area contributed by atoms with E-state index in [-0.39, 0.29) is 25.7 Å². The van der Waals surface area contributed by atoms with Gasteiger partial charge in [-0.15, -0.1) is 0 Å². The summed E-state index contributed by atoms with van der Waals surface area (Å²) in [7, 11) is -9.90. The number of esters is 4. The maximum absolute atomic E-state index is 13.0. The molecule has 0 aromatic rings. The number of carbonyl (C=O) groups is 4. The van der Waals surface area contributed by atoms with E-state index < -0.39 is 97.5 Å². The van der Waals surface area contributed by atoms with Gasteiger partial charge in [-0.2, -0.15) is 0 Å². The van der Waals surface area contributed by atoms with Crippen LogP contribution < -0.4 is 0 Å². The van der Waals surface area contributed by atoms with Crippen molar-refractivity contribution in [3.05, 3.63) is 0 Å². The van der Waals surface area contributed by atoms with Crippen LogP contribution >= 0.6 is 15.6 Å². The largest absolute Gasteiger partial charge is 0.472 e. The van der Waals surface area contributed by atoms with Gasteiger partial charge in [-0.1, -0.05) is 305 Å². The van der Waals surface area contributed by atoms with Gasteiger partial charge in [0.2, 0.25) is 0 Å². The zero-order valence-electron chi connectivity index (χ0n) is 57.7. The second-order valence-electron chi connectivity index (χ2n) is 26.0. The summed E-state index contributed by atoms with van der Waals surface area (Å²) < 4.78 is 68.3. The molecule has 6 atom stereocenters. The van der Waals surface area contributed by atoms with Crippen molar-refractivity contribution in [3.63, 3.8) is 0 Å². The van der Waals surface area contributed by atoms with Gasteiger partial charge in [-0.25, -0.2) is 9.13 Å². The minimum absolute atomic E-state index is 0.104. The number of phosphoric ester groups is 2. The van der Waals surface area contributed by atoms with Crippen LogP contribution in [0.4, 0.5) is 0 Å². The summed E-state index contributed by atoms with van der Waals surface area (Å²) >= 11 is 0. The molecule has 0 heterocycles. The number of unbranched alkanes of at least 4 members (excludes halogenated alkanes) is 38. The third-order valence-electron chi connectivity index (χ3n) is 16.6. The Morgan fingerprint density at radius 1 is 0.326 bits per heavy atom. The first kappa shape index (κ1) is 87.1. The number of phosphoric acid groups is 2. The highest BCUT2D eigenvalue weighted by molar-refractivity contribution is 7.47. The molecule has 17 nitrogen and oxygen atoms in total. The summed E-state index contributed by atoms with van der Waals surface area (Å²) in [5.41, 5.74) is 0. The van der Waals surface area contributed by atoms with Crippen molar-refractivity contribution in [2.45, 2.75) is 374 Å². The smallest absolute Gasteiger partial charge is 0.462 e. The van der Waals surface area contributed by atoms with Gasteiger partial charge in [0.25, 0.3) is 0 Å². The van der Waals surface area contributed by atoms with Gasteiger partial charge in [0.1, 0.15) is 19.3 Å². The van der Waals surface area contributed by atoms with Crippen LogP contribution in [0.3, 0.4) is 0 Å². The van der Waals surface area contributed by atoms with Crippen molar-refractivity contribution in [3.8, 4) is 0 Å². The summed E-state index contributed by atoms with van der Waals surface area (Å²) in [4.78, 5) is 72.5. The molecule has 3 unspecified atom stereocenters. The molecule has 0 aliphatic carbocycles. The summed E-state index contributed by atoms with van der Waals surface area (Å²) in [6.07, 6.45) is 47.2. The van der Waals surface area contributed by atoms with Crippen molar-refractivity contribution < 1.29 is 80.2 Å². The van der Waals surface area contributed by atoms with Crippen molar-refractivity contribution in [1.82, 2.24) is 0 Å². The van der Waals surface area contributed by atoms with Crippen molar-refractivity contribution in [1.29, 1.82) is 0 Å². The summed E-state index contributed by atoms with van der Waals surface area (Å²) in [6.45, 7) is 9.47. The molecule has 0 saturated carbocycles. The first-order valence-electron chi connectivity index (χ1n) is 36.5. The molecule has 0 fully saturated rings. The lowest BCUT2D eigenvalue weighted by molar-refractivity contribution is -0.161. The predicted molar refractivity (Wildman–Crippen MR) is 358 cm³/mol.